The van der Waals surface area contributed by atoms with Crippen LogP contribution in [-0.2, 0) is 24.2 Å². The molecule has 0 fully saturated rings. The molecule has 0 bridgehead atoms. The summed E-state index contributed by atoms with van der Waals surface area (Å²) in [4.78, 5) is 16.9. The minimum Gasteiger partial charge on any atom is -0.328 e. The van der Waals surface area contributed by atoms with Gasteiger partial charge in [-0.25, -0.2) is 9.37 Å². The van der Waals surface area contributed by atoms with Crippen molar-refractivity contribution >= 4 is 22.6 Å². The highest BCUT2D eigenvalue weighted by molar-refractivity contribution is 5.94. The van der Waals surface area contributed by atoms with Crippen LogP contribution in [0.1, 0.15) is 30.7 Å². The van der Waals surface area contributed by atoms with Gasteiger partial charge in [0.1, 0.15) is 11.6 Å². The van der Waals surface area contributed by atoms with Crippen molar-refractivity contribution < 1.29 is 9.18 Å². The number of aromatic nitrogens is 2. The van der Waals surface area contributed by atoms with Crippen molar-refractivity contribution in [2.75, 3.05) is 5.32 Å². The van der Waals surface area contributed by atoms with Crippen LogP contribution in [0.4, 0.5) is 10.1 Å². The van der Waals surface area contributed by atoms with Gasteiger partial charge in [0.05, 0.1) is 17.5 Å². The summed E-state index contributed by atoms with van der Waals surface area (Å²) in [7, 11) is 0. The topological polar surface area (TPSA) is 46.9 Å². The minimum absolute atomic E-state index is 0.0183. The number of nitrogens with zero attached hydrogens (tertiary/aromatic N) is 2. The Bertz CT molecular complexity index is 932. The zero-order valence-electron chi connectivity index (χ0n) is 14.0. The van der Waals surface area contributed by atoms with Crippen molar-refractivity contribution in [2.24, 2.45) is 0 Å². The van der Waals surface area contributed by atoms with E-state index in [1.54, 1.807) is 18.2 Å². The van der Waals surface area contributed by atoms with Gasteiger partial charge < -0.3 is 9.88 Å². The Morgan fingerprint density at radius 2 is 2.04 bits per heavy atom. The number of fused-ring (bicyclic) bond motifs is 3. The third-order valence-electron chi connectivity index (χ3n) is 4.70. The summed E-state index contributed by atoms with van der Waals surface area (Å²) in [6, 6.07) is 12.1. The molecular formula is C20H20FN3O. The first kappa shape index (κ1) is 15.8. The Hall–Kier alpha value is -2.69. The molecule has 4 nitrogen and oxygen atoms in total. The van der Waals surface area contributed by atoms with Crippen molar-refractivity contribution in [1.82, 2.24) is 9.55 Å². The van der Waals surface area contributed by atoms with E-state index in [4.69, 9.17) is 4.98 Å². The molecule has 0 aliphatic carbocycles. The Morgan fingerprint density at radius 3 is 2.92 bits per heavy atom. The molecule has 2 aromatic carbocycles. The molecule has 25 heavy (non-hydrogen) atoms. The van der Waals surface area contributed by atoms with Crippen LogP contribution in [0.25, 0.3) is 11.0 Å². The number of anilines is 1. The van der Waals surface area contributed by atoms with Gasteiger partial charge in [-0.3, -0.25) is 4.79 Å². The smallest absolute Gasteiger partial charge is 0.228 e. The Kier molecular flexibility index (Phi) is 4.22. The lowest BCUT2D eigenvalue weighted by Crippen LogP contribution is -2.15. The van der Waals surface area contributed by atoms with Crippen LogP contribution < -0.4 is 5.32 Å². The fourth-order valence-electron chi connectivity index (χ4n) is 3.45. The summed E-state index contributed by atoms with van der Waals surface area (Å²) in [5, 5.41) is 2.85. The summed E-state index contributed by atoms with van der Waals surface area (Å²) in [5.74, 6) is 0.540. The molecule has 128 valence electrons. The SMILES string of the molecule is O=C(Cc1ccccc1F)Nc1ccc2c(c1)nc1n2CCCCC1. The lowest BCUT2D eigenvalue weighted by Gasteiger charge is -2.07. The maximum Gasteiger partial charge on any atom is 0.228 e. The monoisotopic (exact) mass is 337 g/mol. The van der Waals surface area contributed by atoms with Crippen LogP contribution >= 0.6 is 0 Å². The first-order valence-corrected chi connectivity index (χ1v) is 8.73. The van der Waals surface area contributed by atoms with Gasteiger partial charge in [-0.2, -0.15) is 0 Å². The van der Waals surface area contributed by atoms with Crippen molar-refractivity contribution in [1.29, 1.82) is 0 Å². The van der Waals surface area contributed by atoms with E-state index in [0.717, 1.165) is 29.8 Å². The molecule has 5 heteroatoms. The number of hydrogen-bond acceptors (Lipinski definition) is 2. The van der Waals surface area contributed by atoms with Crippen LogP contribution in [0.5, 0.6) is 0 Å². The third kappa shape index (κ3) is 3.27. The number of halogens is 1. The maximum absolute atomic E-state index is 13.7. The van der Waals surface area contributed by atoms with Crippen LogP contribution in [0, 0.1) is 5.82 Å². The first-order valence-electron chi connectivity index (χ1n) is 8.73. The van der Waals surface area contributed by atoms with Gasteiger partial charge in [-0.1, -0.05) is 24.6 Å². The molecule has 0 unspecified atom stereocenters. The average Bonchev–Trinajstić information content (AvgIpc) is 2.77. The fraction of sp³-hybridized carbons (Fsp3) is 0.300. The third-order valence-corrected chi connectivity index (χ3v) is 4.70. The second-order valence-electron chi connectivity index (χ2n) is 6.51. The Morgan fingerprint density at radius 1 is 1.16 bits per heavy atom. The van der Waals surface area contributed by atoms with Gasteiger partial charge in [-0.05, 0) is 42.7 Å². The second-order valence-corrected chi connectivity index (χ2v) is 6.51. The Labute approximate surface area is 145 Å². The van der Waals surface area contributed by atoms with E-state index in [2.05, 4.69) is 9.88 Å². The highest BCUT2D eigenvalue weighted by atomic mass is 19.1. The van der Waals surface area contributed by atoms with Crippen molar-refractivity contribution in [3.05, 3.63) is 59.7 Å². The van der Waals surface area contributed by atoms with E-state index >= 15 is 0 Å². The van der Waals surface area contributed by atoms with E-state index in [1.807, 2.05) is 18.2 Å². The summed E-state index contributed by atoms with van der Waals surface area (Å²) < 4.78 is 16.0. The lowest BCUT2D eigenvalue weighted by atomic mass is 10.1. The molecule has 0 saturated heterocycles. The highest BCUT2D eigenvalue weighted by Gasteiger charge is 2.14. The van der Waals surface area contributed by atoms with Crippen LogP contribution in [-0.4, -0.2) is 15.5 Å². The zero-order valence-corrected chi connectivity index (χ0v) is 14.0. The predicted octanol–water partition coefficient (Wildman–Crippen LogP) is 4.08. The van der Waals surface area contributed by atoms with Gasteiger partial charge in [-0.15, -0.1) is 0 Å². The number of rotatable bonds is 3. The second kappa shape index (κ2) is 6.67. The van der Waals surface area contributed by atoms with Gasteiger partial charge in [0, 0.05) is 18.7 Å². The fourth-order valence-corrected chi connectivity index (χ4v) is 3.45. The number of hydrogen-bond donors (Lipinski definition) is 1. The number of nitrogens with one attached hydrogen (secondary N) is 1. The van der Waals surface area contributed by atoms with E-state index in [9.17, 15) is 9.18 Å². The number of imidazole rings is 1. The zero-order chi connectivity index (χ0) is 17.2. The average molecular weight is 337 g/mol. The summed E-state index contributed by atoms with van der Waals surface area (Å²) >= 11 is 0. The van der Waals surface area contributed by atoms with E-state index < -0.39 is 0 Å². The molecule has 1 aromatic heterocycles. The number of carbonyl (C=O) groups excluding carboxylic acids is 1. The predicted molar refractivity (Wildman–Crippen MR) is 96.0 cm³/mol. The van der Waals surface area contributed by atoms with E-state index in [0.29, 0.717) is 11.3 Å². The maximum atomic E-state index is 13.7. The van der Waals surface area contributed by atoms with Gasteiger partial charge >= 0.3 is 0 Å². The molecule has 0 saturated carbocycles. The molecule has 4 rings (SSSR count). The van der Waals surface area contributed by atoms with Crippen molar-refractivity contribution in [2.45, 2.75) is 38.6 Å². The number of amides is 1. The molecule has 0 spiro atoms. The standard InChI is InChI=1S/C20H20FN3O/c21-16-7-4-3-6-14(16)12-20(25)22-15-9-10-18-17(13-15)23-19-8-2-1-5-11-24(18)19/h3-4,6-7,9-10,13H,1-2,5,8,11-12H2,(H,22,25). The molecule has 1 N–H and O–H groups in total. The molecule has 3 aromatic rings. The molecule has 0 radical (unpaired) electrons. The Balaban J connectivity index is 1.54. The lowest BCUT2D eigenvalue weighted by molar-refractivity contribution is -0.115. The number of carbonyl (C=O) groups is 1. The van der Waals surface area contributed by atoms with E-state index in [1.165, 1.54) is 25.3 Å². The van der Waals surface area contributed by atoms with Gasteiger partial charge in [0.15, 0.2) is 0 Å². The van der Waals surface area contributed by atoms with Crippen molar-refractivity contribution in [3.8, 4) is 0 Å². The minimum atomic E-state index is -0.356. The number of benzene rings is 2. The van der Waals surface area contributed by atoms with Gasteiger partial charge in [0.25, 0.3) is 0 Å². The molecular weight excluding hydrogens is 317 g/mol. The van der Waals surface area contributed by atoms with Gasteiger partial charge in [0.2, 0.25) is 5.91 Å². The summed E-state index contributed by atoms with van der Waals surface area (Å²) in [5.41, 5.74) is 3.11. The molecule has 2 heterocycles. The molecule has 0 atom stereocenters. The summed E-state index contributed by atoms with van der Waals surface area (Å²) in [6.45, 7) is 1.00. The largest absolute Gasteiger partial charge is 0.328 e. The normalized spacial score (nSPS) is 14.1. The molecule has 1 aliphatic heterocycles. The van der Waals surface area contributed by atoms with Crippen LogP contribution in [0.2, 0.25) is 0 Å². The van der Waals surface area contributed by atoms with Crippen molar-refractivity contribution in [3.63, 3.8) is 0 Å². The first-order chi connectivity index (χ1) is 12.2. The quantitative estimate of drug-likeness (QED) is 0.783. The van der Waals surface area contributed by atoms with Crippen LogP contribution in [0.15, 0.2) is 42.5 Å². The summed E-state index contributed by atoms with van der Waals surface area (Å²) in [6.07, 6.45) is 4.62. The number of aryl methyl sites for hydroxylation is 2. The molecule has 1 aliphatic rings. The van der Waals surface area contributed by atoms with E-state index in [-0.39, 0.29) is 18.1 Å². The highest BCUT2D eigenvalue weighted by Crippen LogP contribution is 2.24. The van der Waals surface area contributed by atoms with Crippen LogP contribution in [0.3, 0.4) is 0 Å². The molecule has 1 amide bonds.